The second-order valence-corrected chi connectivity index (χ2v) is 5.44. The number of aromatic nitrogens is 5. The van der Waals surface area contributed by atoms with Gasteiger partial charge in [-0.3, -0.25) is 4.68 Å². The van der Waals surface area contributed by atoms with Crippen molar-refractivity contribution in [3.05, 3.63) is 29.0 Å². The van der Waals surface area contributed by atoms with Crippen LogP contribution in [0.4, 0.5) is 0 Å². The van der Waals surface area contributed by atoms with Crippen LogP contribution in [0.3, 0.4) is 0 Å². The quantitative estimate of drug-likeness (QED) is 0.680. The average Bonchev–Trinajstić information content (AvgIpc) is 3.09. The van der Waals surface area contributed by atoms with Crippen LogP contribution in [0.2, 0.25) is 0 Å². The Bertz CT molecular complexity index is 770. The fourth-order valence-electron chi connectivity index (χ4n) is 2.61. The van der Waals surface area contributed by atoms with Gasteiger partial charge in [0, 0.05) is 13.1 Å². The molecule has 0 bridgehead atoms. The lowest BCUT2D eigenvalue weighted by atomic mass is 10.2. The predicted molar refractivity (Wildman–Crippen MR) is 80.4 cm³/mol. The van der Waals surface area contributed by atoms with E-state index in [1.807, 2.05) is 24.7 Å². The number of hydrogen-bond acceptors (Lipinski definition) is 4. The smallest absolute Gasteiger partial charge is 0.159 e. The zero-order chi connectivity index (χ0) is 15.0. The molecule has 0 aliphatic carbocycles. The number of halogens is 1. The van der Waals surface area contributed by atoms with Gasteiger partial charge in [0.25, 0.3) is 0 Å². The molecule has 6 nitrogen and oxygen atoms in total. The van der Waals surface area contributed by atoms with Crippen molar-refractivity contribution in [3.63, 3.8) is 0 Å². The molecule has 0 aliphatic rings. The van der Waals surface area contributed by atoms with Gasteiger partial charge >= 0.3 is 0 Å². The van der Waals surface area contributed by atoms with Crippen LogP contribution >= 0.6 is 11.6 Å². The normalized spacial score (nSPS) is 11.6. The van der Waals surface area contributed by atoms with Crippen molar-refractivity contribution in [3.8, 4) is 0 Å². The van der Waals surface area contributed by atoms with Crippen molar-refractivity contribution in [1.29, 1.82) is 0 Å². The van der Waals surface area contributed by atoms with Gasteiger partial charge in [-0.2, -0.15) is 5.10 Å². The minimum Gasteiger partial charge on any atom is -0.361 e. The SMILES string of the molecule is CCCc1nn(C)c2c1nc(CCl)n2Cc1cc(C)on1. The summed E-state index contributed by atoms with van der Waals surface area (Å²) in [6.45, 7) is 4.60. The second-order valence-electron chi connectivity index (χ2n) is 5.17. The Balaban J connectivity index is 2.11. The molecule has 3 rings (SSSR count). The van der Waals surface area contributed by atoms with Crippen LogP contribution in [-0.2, 0) is 25.9 Å². The van der Waals surface area contributed by atoms with Crippen LogP contribution in [0.15, 0.2) is 10.6 Å². The van der Waals surface area contributed by atoms with Gasteiger partial charge in [-0.15, -0.1) is 11.6 Å². The zero-order valence-electron chi connectivity index (χ0n) is 12.4. The molecule has 0 spiro atoms. The van der Waals surface area contributed by atoms with Crippen LogP contribution in [-0.4, -0.2) is 24.5 Å². The predicted octanol–water partition coefficient (Wildman–Crippen LogP) is 2.81. The number of nitrogens with zero attached hydrogens (tertiary/aromatic N) is 5. The largest absolute Gasteiger partial charge is 0.361 e. The first kappa shape index (κ1) is 14.1. The first-order chi connectivity index (χ1) is 10.1. The van der Waals surface area contributed by atoms with E-state index in [9.17, 15) is 0 Å². The van der Waals surface area contributed by atoms with Gasteiger partial charge in [-0.25, -0.2) is 4.98 Å². The first-order valence-electron chi connectivity index (χ1n) is 7.03. The molecule has 0 unspecified atom stereocenters. The summed E-state index contributed by atoms with van der Waals surface area (Å²) in [5, 5.41) is 8.62. The molecule has 0 N–H and O–H groups in total. The minimum atomic E-state index is 0.358. The van der Waals surface area contributed by atoms with Gasteiger partial charge in [0.15, 0.2) is 5.65 Å². The number of alkyl halides is 1. The molecule has 0 atom stereocenters. The Morgan fingerprint density at radius 1 is 1.38 bits per heavy atom. The molecule has 0 saturated heterocycles. The summed E-state index contributed by atoms with van der Waals surface area (Å²) in [4.78, 5) is 4.66. The average molecular weight is 308 g/mol. The molecule has 0 aromatic carbocycles. The fraction of sp³-hybridized carbons (Fsp3) is 0.500. The van der Waals surface area contributed by atoms with Crippen molar-refractivity contribution in [2.24, 2.45) is 7.05 Å². The standard InChI is InChI=1S/C14H18ClN5O/c1-4-5-11-13-14(19(3)17-11)20(12(7-15)16-13)8-10-6-9(2)21-18-10/h6H,4-5,7-8H2,1-3H3. The van der Waals surface area contributed by atoms with Crippen molar-refractivity contribution in [2.45, 2.75) is 39.1 Å². The number of aryl methyl sites for hydroxylation is 3. The topological polar surface area (TPSA) is 61.7 Å². The van der Waals surface area contributed by atoms with E-state index >= 15 is 0 Å². The maximum Gasteiger partial charge on any atom is 0.159 e. The van der Waals surface area contributed by atoms with Crippen LogP contribution in [0.25, 0.3) is 11.2 Å². The van der Waals surface area contributed by atoms with Crippen LogP contribution in [0.5, 0.6) is 0 Å². The molecular formula is C14H18ClN5O. The van der Waals surface area contributed by atoms with E-state index in [-0.39, 0.29) is 0 Å². The Morgan fingerprint density at radius 2 is 2.19 bits per heavy atom. The summed E-state index contributed by atoms with van der Waals surface area (Å²) < 4.78 is 9.07. The number of fused-ring (bicyclic) bond motifs is 1. The molecular weight excluding hydrogens is 290 g/mol. The highest BCUT2D eigenvalue weighted by Crippen LogP contribution is 2.22. The maximum atomic E-state index is 6.06. The van der Waals surface area contributed by atoms with E-state index in [0.717, 1.165) is 47.0 Å². The van der Waals surface area contributed by atoms with Gasteiger partial charge in [-0.05, 0) is 13.3 Å². The maximum absolute atomic E-state index is 6.06. The van der Waals surface area contributed by atoms with Gasteiger partial charge < -0.3 is 9.09 Å². The highest BCUT2D eigenvalue weighted by molar-refractivity contribution is 6.16. The summed E-state index contributed by atoms with van der Waals surface area (Å²) in [5.74, 6) is 1.99. The van der Waals surface area contributed by atoms with E-state index in [0.29, 0.717) is 12.4 Å². The molecule has 21 heavy (non-hydrogen) atoms. The van der Waals surface area contributed by atoms with Crippen molar-refractivity contribution in [1.82, 2.24) is 24.5 Å². The van der Waals surface area contributed by atoms with E-state index in [2.05, 4.69) is 26.7 Å². The Hall–Kier alpha value is -1.82. The lowest BCUT2D eigenvalue weighted by molar-refractivity contribution is 0.389. The van der Waals surface area contributed by atoms with Crippen LogP contribution in [0.1, 0.15) is 36.3 Å². The van der Waals surface area contributed by atoms with E-state index in [1.165, 1.54) is 0 Å². The summed E-state index contributed by atoms with van der Waals surface area (Å²) in [7, 11) is 1.94. The molecule has 0 amide bonds. The molecule has 112 valence electrons. The summed E-state index contributed by atoms with van der Waals surface area (Å²) in [6.07, 6.45) is 1.96. The Labute approximate surface area is 127 Å². The molecule has 0 aliphatic heterocycles. The molecule has 0 radical (unpaired) electrons. The molecule has 3 aromatic heterocycles. The van der Waals surface area contributed by atoms with E-state index in [4.69, 9.17) is 16.1 Å². The molecule has 0 saturated carbocycles. The molecule has 3 heterocycles. The van der Waals surface area contributed by atoms with E-state index < -0.39 is 0 Å². The third-order valence-corrected chi connectivity index (χ3v) is 3.71. The third-order valence-electron chi connectivity index (χ3n) is 3.47. The highest BCUT2D eigenvalue weighted by Gasteiger charge is 2.19. The summed E-state index contributed by atoms with van der Waals surface area (Å²) in [5.41, 5.74) is 3.80. The Morgan fingerprint density at radius 3 is 2.81 bits per heavy atom. The number of hydrogen-bond donors (Lipinski definition) is 0. The fourth-order valence-corrected chi connectivity index (χ4v) is 2.82. The third kappa shape index (κ3) is 2.44. The van der Waals surface area contributed by atoms with Crippen molar-refractivity contribution in [2.75, 3.05) is 0 Å². The van der Waals surface area contributed by atoms with Crippen LogP contribution in [0, 0.1) is 6.92 Å². The summed E-state index contributed by atoms with van der Waals surface area (Å²) in [6, 6.07) is 1.92. The monoisotopic (exact) mass is 307 g/mol. The highest BCUT2D eigenvalue weighted by atomic mass is 35.5. The van der Waals surface area contributed by atoms with Gasteiger partial charge in [-0.1, -0.05) is 18.5 Å². The van der Waals surface area contributed by atoms with Gasteiger partial charge in [0.2, 0.25) is 0 Å². The summed E-state index contributed by atoms with van der Waals surface area (Å²) >= 11 is 6.06. The van der Waals surface area contributed by atoms with Crippen molar-refractivity contribution < 1.29 is 4.52 Å². The lowest BCUT2D eigenvalue weighted by Gasteiger charge is -2.05. The Kier molecular flexibility index (Phi) is 3.71. The number of rotatable bonds is 5. The van der Waals surface area contributed by atoms with Crippen molar-refractivity contribution >= 4 is 22.8 Å². The molecule has 3 aromatic rings. The second kappa shape index (κ2) is 5.52. The van der Waals surface area contributed by atoms with Crippen LogP contribution < -0.4 is 0 Å². The lowest BCUT2D eigenvalue weighted by Crippen LogP contribution is -2.08. The van der Waals surface area contributed by atoms with Gasteiger partial charge in [0.1, 0.15) is 22.8 Å². The van der Waals surface area contributed by atoms with Gasteiger partial charge in [0.05, 0.1) is 18.1 Å². The minimum absolute atomic E-state index is 0.358. The molecule has 0 fully saturated rings. The molecule has 7 heteroatoms. The van der Waals surface area contributed by atoms with E-state index in [1.54, 1.807) is 0 Å². The zero-order valence-corrected chi connectivity index (χ0v) is 13.2. The first-order valence-corrected chi connectivity index (χ1v) is 7.56. The number of imidazole rings is 1.